The van der Waals surface area contributed by atoms with Crippen LogP contribution in [0.25, 0.3) is 0 Å². The van der Waals surface area contributed by atoms with Crippen molar-refractivity contribution >= 4 is 0 Å². The summed E-state index contributed by atoms with van der Waals surface area (Å²) in [5.41, 5.74) is 0. The molecule has 0 N–H and O–H groups in total. The fourth-order valence-corrected chi connectivity index (χ4v) is 0. The van der Waals surface area contributed by atoms with Crippen molar-refractivity contribution in [1.82, 2.24) is 0 Å². The summed E-state index contributed by atoms with van der Waals surface area (Å²) < 4.78 is 0. The van der Waals surface area contributed by atoms with Gasteiger partial charge in [-0.15, -0.1) is 0 Å². The summed E-state index contributed by atoms with van der Waals surface area (Å²) in [6.07, 6.45) is 0. The first-order chi connectivity index (χ1) is 0. The zero-order valence-electron chi connectivity index (χ0n) is 2.04. The summed E-state index contributed by atoms with van der Waals surface area (Å²) in [6.45, 7) is 0. The Labute approximate surface area is 40.7 Å². The molecule has 0 saturated heterocycles. The van der Waals surface area contributed by atoms with Crippen LogP contribution in [0.4, 0.5) is 18.8 Å². The van der Waals surface area contributed by atoms with E-state index in [4.69, 9.17) is 0 Å². The van der Waals surface area contributed by atoms with Crippen LogP contribution >= 0.6 is 0 Å². The minimum absolute atomic E-state index is 0. The van der Waals surface area contributed by atoms with E-state index in [2.05, 4.69) is 0 Å². The molecule has 38 valence electrons. The van der Waals surface area contributed by atoms with Gasteiger partial charge in [0.2, 0.25) is 0 Å². The van der Waals surface area contributed by atoms with Crippen molar-refractivity contribution in [2.24, 2.45) is 0 Å². The monoisotopic (exact) mass is 264 g/mol. The van der Waals surface area contributed by atoms with Crippen molar-refractivity contribution in [2.75, 3.05) is 0 Å². The summed E-state index contributed by atoms with van der Waals surface area (Å²) in [7, 11) is 0. The molecular weight excluding hydrogens is 260 g/mol. The van der Waals surface area contributed by atoms with E-state index in [1.165, 1.54) is 0 Å². The van der Waals surface area contributed by atoms with Crippen LogP contribution in [0.5, 0.6) is 0 Å². The molecule has 0 spiro atoms. The molecule has 0 saturated carbocycles. The first kappa shape index (κ1) is 630. The second-order valence-corrected chi connectivity index (χ2v) is 0. The van der Waals surface area contributed by atoms with E-state index in [0.29, 0.717) is 0 Å². The van der Waals surface area contributed by atoms with Gasteiger partial charge in [-0.3, -0.25) is 18.8 Å². The third-order valence-electron chi connectivity index (χ3n) is 0. The van der Waals surface area contributed by atoms with E-state index >= 15 is 0 Å². The number of rotatable bonds is 0. The van der Waals surface area contributed by atoms with Crippen LogP contribution in [0.2, 0.25) is 0 Å². The fourth-order valence-electron chi connectivity index (χ4n) is 0. The van der Waals surface area contributed by atoms with Gasteiger partial charge in [0.25, 0.3) is 0 Å². The van der Waals surface area contributed by atoms with Crippen molar-refractivity contribution < 1.29 is 39.9 Å². The molecular formula is H4F4W. The molecule has 0 aromatic carbocycles. The van der Waals surface area contributed by atoms with Gasteiger partial charge in [-0.1, -0.05) is 0 Å². The molecule has 0 aliphatic heterocycles. The third kappa shape index (κ3) is 153. The summed E-state index contributed by atoms with van der Waals surface area (Å²) in [6, 6.07) is 0. The summed E-state index contributed by atoms with van der Waals surface area (Å²) in [4.78, 5) is 0. The Bertz CT molecular complexity index is 3.61. The first-order valence-corrected chi connectivity index (χ1v) is 0. The fraction of sp³-hybridized carbons (Fsp3) is 0. The zero-order valence-corrected chi connectivity index (χ0v) is 4.97. The average Bonchev–Trinajstić information content (AvgIpc) is 0. The molecule has 0 unspecified atom stereocenters. The van der Waals surface area contributed by atoms with Crippen molar-refractivity contribution in [3.8, 4) is 0 Å². The molecule has 0 aliphatic carbocycles. The standard InChI is InChI=1S/4FH.W/h4*1H;. The number of halogens is 4. The summed E-state index contributed by atoms with van der Waals surface area (Å²) in [5.74, 6) is 0. The molecule has 0 aromatic heterocycles. The Hall–Kier alpha value is 0.408. The van der Waals surface area contributed by atoms with Gasteiger partial charge < -0.3 is 0 Å². The molecule has 0 heterocycles. The maximum atomic E-state index is 0. The molecule has 0 nitrogen and oxygen atoms in total. The van der Waals surface area contributed by atoms with E-state index in [1.54, 1.807) is 0 Å². The second-order valence-electron chi connectivity index (χ2n) is 0. The van der Waals surface area contributed by atoms with Crippen LogP contribution < -0.4 is 0 Å². The molecule has 0 bridgehead atoms. The molecule has 0 radical (unpaired) electrons. The van der Waals surface area contributed by atoms with Gasteiger partial charge in [-0.2, -0.15) is 0 Å². The van der Waals surface area contributed by atoms with E-state index in [0.717, 1.165) is 0 Å². The number of hydrogen-bond donors (Lipinski definition) is 0. The molecule has 0 aromatic rings. The quantitative estimate of drug-likeness (QED) is 0.562. The van der Waals surface area contributed by atoms with Crippen LogP contribution in [-0.2, 0) is 21.1 Å². The zero-order chi connectivity index (χ0) is 0. The summed E-state index contributed by atoms with van der Waals surface area (Å²) >= 11 is 0. The SMILES string of the molecule is F.F.F.F.[W]. The molecule has 0 amide bonds. The molecule has 5 heavy (non-hydrogen) atoms. The maximum absolute atomic E-state index is 0. The van der Waals surface area contributed by atoms with Crippen LogP contribution in [0.3, 0.4) is 0 Å². The van der Waals surface area contributed by atoms with Gasteiger partial charge in [0.15, 0.2) is 0 Å². The minimum atomic E-state index is 0. The van der Waals surface area contributed by atoms with E-state index in [9.17, 15) is 0 Å². The van der Waals surface area contributed by atoms with Gasteiger partial charge >= 0.3 is 0 Å². The maximum Gasteiger partial charge on any atom is 0 e. The topological polar surface area (TPSA) is 0 Å². The van der Waals surface area contributed by atoms with Gasteiger partial charge in [-0.25, -0.2) is 0 Å². The van der Waals surface area contributed by atoms with Crippen LogP contribution in [-0.4, -0.2) is 0 Å². The van der Waals surface area contributed by atoms with E-state index in [-0.39, 0.29) is 39.9 Å². The Morgan fingerprint density at radius 2 is 0.400 bits per heavy atom. The van der Waals surface area contributed by atoms with Gasteiger partial charge in [0.1, 0.15) is 0 Å². The minimum Gasteiger partial charge on any atom is -0.269 e. The predicted octanol–water partition coefficient (Wildman–Crippen LogP) is 0.607. The van der Waals surface area contributed by atoms with Crippen molar-refractivity contribution in [1.29, 1.82) is 0 Å². The second kappa shape index (κ2) is 307. The van der Waals surface area contributed by atoms with Crippen molar-refractivity contribution in [3.63, 3.8) is 0 Å². The Balaban J connectivity index is 0. The average molecular weight is 264 g/mol. The molecule has 0 fully saturated rings. The first-order valence-electron chi connectivity index (χ1n) is 0. The smallest absolute Gasteiger partial charge is 0 e. The largest absolute Gasteiger partial charge is 0.269 e. The Kier molecular flexibility index (Phi) is 38700. The van der Waals surface area contributed by atoms with Crippen molar-refractivity contribution in [2.45, 2.75) is 0 Å². The van der Waals surface area contributed by atoms with Gasteiger partial charge in [-0.05, 0) is 0 Å². The van der Waals surface area contributed by atoms with Gasteiger partial charge in [0.05, 0.1) is 0 Å². The number of hydrogen-bond acceptors (Lipinski definition) is 0. The molecule has 0 atom stereocenters. The summed E-state index contributed by atoms with van der Waals surface area (Å²) in [5, 5.41) is 0. The molecule has 0 rings (SSSR count). The molecule has 5 heteroatoms. The third-order valence-corrected chi connectivity index (χ3v) is 0. The van der Waals surface area contributed by atoms with Crippen molar-refractivity contribution in [3.05, 3.63) is 0 Å². The van der Waals surface area contributed by atoms with Gasteiger partial charge in [0, 0.05) is 21.1 Å². The Morgan fingerprint density at radius 1 is 0.400 bits per heavy atom. The predicted molar refractivity (Wildman–Crippen MR) is 10.0 cm³/mol. The van der Waals surface area contributed by atoms with E-state index < -0.39 is 0 Å². The molecule has 0 aliphatic rings. The van der Waals surface area contributed by atoms with Crippen LogP contribution in [0, 0.1) is 0 Å². The normalized spacial score (nSPS) is 0. The van der Waals surface area contributed by atoms with E-state index in [1.807, 2.05) is 0 Å². The Morgan fingerprint density at radius 3 is 0.400 bits per heavy atom. The van der Waals surface area contributed by atoms with Crippen LogP contribution in [0.15, 0.2) is 0 Å². The van der Waals surface area contributed by atoms with Crippen LogP contribution in [0.1, 0.15) is 0 Å².